The maximum atomic E-state index is 5.29. The second-order valence-corrected chi connectivity index (χ2v) is 4.03. The molecule has 0 aromatic rings. The number of rotatable bonds is 9. The fourth-order valence-corrected chi connectivity index (χ4v) is 1.49. The molecule has 3 heteroatoms. The number of ether oxygens (including phenoxy) is 1. The molecule has 0 bridgehead atoms. The second kappa shape index (κ2) is 10.1. The van der Waals surface area contributed by atoms with Crippen molar-refractivity contribution in [2.75, 3.05) is 31.3 Å². The average molecular weight is 203 g/mol. The van der Waals surface area contributed by atoms with E-state index in [2.05, 4.69) is 18.8 Å². The number of nitrogens with one attached hydrogen (secondary N) is 1. The fraction of sp³-hybridized carbons (Fsp3) is 0.800. The number of thioether (sulfide) groups is 1. The van der Waals surface area contributed by atoms with Crippen LogP contribution in [0, 0.1) is 0 Å². The summed E-state index contributed by atoms with van der Waals surface area (Å²) in [6.45, 7) is 10.5. The van der Waals surface area contributed by atoms with E-state index in [-0.39, 0.29) is 0 Å². The van der Waals surface area contributed by atoms with Gasteiger partial charge in [0.25, 0.3) is 0 Å². The summed E-state index contributed by atoms with van der Waals surface area (Å²) < 4.78 is 5.29. The molecule has 0 saturated carbocycles. The Morgan fingerprint density at radius 2 is 2.38 bits per heavy atom. The van der Waals surface area contributed by atoms with E-state index in [0.717, 1.165) is 31.3 Å². The van der Waals surface area contributed by atoms with E-state index in [4.69, 9.17) is 4.74 Å². The van der Waals surface area contributed by atoms with Crippen LogP contribution in [0.25, 0.3) is 0 Å². The van der Waals surface area contributed by atoms with Crippen LogP contribution in [0.4, 0.5) is 0 Å². The monoisotopic (exact) mass is 203 g/mol. The molecule has 0 saturated heterocycles. The average Bonchev–Trinajstić information content (AvgIpc) is 2.14. The Kier molecular flexibility index (Phi) is 10.1. The van der Waals surface area contributed by atoms with E-state index in [0.29, 0.717) is 6.04 Å². The molecule has 0 aliphatic heterocycles. The molecular formula is C10H21NOS. The molecule has 78 valence electrons. The zero-order valence-corrected chi connectivity index (χ0v) is 9.53. The maximum Gasteiger partial charge on any atom is 0.0616 e. The van der Waals surface area contributed by atoms with Crippen LogP contribution < -0.4 is 5.32 Å². The van der Waals surface area contributed by atoms with Crippen LogP contribution in [0.5, 0.6) is 0 Å². The zero-order valence-electron chi connectivity index (χ0n) is 8.71. The minimum Gasteiger partial charge on any atom is -0.380 e. The highest BCUT2D eigenvalue weighted by atomic mass is 32.2. The Bertz CT molecular complexity index is 119. The van der Waals surface area contributed by atoms with Gasteiger partial charge < -0.3 is 10.1 Å². The SMILES string of the molecule is C=CCSCCNC(C)COCC. The summed E-state index contributed by atoms with van der Waals surface area (Å²) in [6.07, 6.45) is 1.94. The first-order valence-corrected chi connectivity index (χ1v) is 5.96. The summed E-state index contributed by atoms with van der Waals surface area (Å²) in [7, 11) is 0. The van der Waals surface area contributed by atoms with Crippen molar-refractivity contribution < 1.29 is 4.74 Å². The highest BCUT2D eigenvalue weighted by Gasteiger charge is 1.98. The van der Waals surface area contributed by atoms with Gasteiger partial charge in [0.2, 0.25) is 0 Å². The number of hydrogen-bond donors (Lipinski definition) is 1. The molecule has 0 rings (SSSR count). The molecule has 0 aromatic heterocycles. The van der Waals surface area contributed by atoms with E-state index >= 15 is 0 Å². The van der Waals surface area contributed by atoms with E-state index in [1.54, 1.807) is 0 Å². The predicted octanol–water partition coefficient (Wildman–Crippen LogP) is 1.92. The van der Waals surface area contributed by atoms with Crippen LogP contribution in [-0.2, 0) is 4.74 Å². The van der Waals surface area contributed by atoms with E-state index in [9.17, 15) is 0 Å². The van der Waals surface area contributed by atoms with Crippen LogP contribution >= 0.6 is 11.8 Å². The molecule has 1 atom stereocenters. The van der Waals surface area contributed by atoms with Crippen LogP contribution in [0.3, 0.4) is 0 Å². The molecule has 0 aliphatic carbocycles. The van der Waals surface area contributed by atoms with Gasteiger partial charge in [-0.05, 0) is 13.8 Å². The third-order valence-electron chi connectivity index (χ3n) is 1.55. The Balaban J connectivity index is 3.07. The van der Waals surface area contributed by atoms with Crippen molar-refractivity contribution in [1.29, 1.82) is 0 Å². The highest BCUT2D eigenvalue weighted by molar-refractivity contribution is 7.99. The lowest BCUT2D eigenvalue weighted by atomic mass is 10.3. The first-order chi connectivity index (χ1) is 6.31. The van der Waals surface area contributed by atoms with Crippen LogP contribution in [0.2, 0.25) is 0 Å². The van der Waals surface area contributed by atoms with Gasteiger partial charge in [-0.3, -0.25) is 0 Å². The summed E-state index contributed by atoms with van der Waals surface area (Å²) in [5.41, 5.74) is 0. The first kappa shape index (κ1) is 13.0. The van der Waals surface area contributed by atoms with Gasteiger partial charge >= 0.3 is 0 Å². The lowest BCUT2D eigenvalue weighted by molar-refractivity contribution is 0.128. The molecule has 0 heterocycles. The molecule has 13 heavy (non-hydrogen) atoms. The largest absolute Gasteiger partial charge is 0.380 e. The highest BCUT2D eigenvalue weighted by Crippen LogP contribution is 1.97. The third kappa shape index (κ3) is 9.93. The topological polar surface area (TPSA) is 21.3 Å². The fourth-order valence-electron chi connectivity index (χ4n) is 0.898. The summed E-state index contributed by atoms with van der Waals surface area (Å²) >= 11 is 1.90. The summed E-state index contributed by atoms with van der Waals surface area (Å²) in [5.74, 6) is 2.18. The summed E-state index contributed by atoms with van der Waals surface area (Å²) in [4.78, 5) is 0. The summed E-state index contributed by atoms with van der Waals surface area (Å²) in [6, 6.07) is 0.462. The van der Waals surface area contributed by atoms with Gasteiger partial charge in [-0.25, -0.2) is 0 Å². The van der Waals surface area contributed by atoms with E-state index < -0.39 is 0 Å². The molecule has 1 unspecified atom stereocenters. The Morgan fingerprint density at radius 1 is 1.62 bits per heavy atom. The number of hydrogen-bond acceptors (Lipinski definition) is 3. The van der Waals surface area contributed by atoms with Gasteiger partial charge in [-0.15, -0.1) is 6.58 Å². The molecular weight excluding hydrogens is 182 g/mol. The predicted molar refractivity (Wildman–Crippen MR) is 61.5 cm³/mol. The van der Waals surface area contributed by atoms with Crippen molar-refractivity contribution in [2.45, 2.75) is 19.9 Å². The van der Waals surface area contributed by atoms with Crippen LogP contribution in [0.15, 0.2) is 12.7 Å². The first-order valence-electron chi connectivity index (χ1n) is 4.81. The van der Waals surface area contributed by atoms with Gasteiger partial charge in [0.15, 0.2) is 0 Å². The molecule has 0 amide bonds. The quantitative estimate of drug-likeness (QED) is 0.457. The summed E-state index contributed by atoms with van der Waals surface area (Å²) in [5, 5.41) is 3.40. The van der Waals surface area contributed by atoms with E-state index in [1.165, 1.54) is 0 Å². The van der Waals surface area contributed by atoms with Gasteiger partial charge in [-0.1, -0.05) is 6.08 Å². The second-order valence-electron chi connectivity index (χ2n) is 2.88. The lowest BCUT2D eigenvalue weighted by Gasteiger charge is -2.12. The van der Waals surface area contributed by atoms with Gasteiger partial charge in [0, 0.05) is 30.7 Å². The maximum absolute atomic E-state index is 5.29. The van der Waals surface area contributed by atoms with Gasteiger partial charge in [-0.2, -0.15) is 11.8 Å². The van der Waals surface area contributed by atoms with Crippen molar-refractivity contribution in [3.63, 3.8) is 0 Å². The van der Waals surface area contributed by atoms with E-state index in [1.807, 2.05) is 24.8 Å². The molecule has 0 spiro atoms. The molecule has 1 N–H and O–H groups in total. The normalized spacial score (nSPS) is 12.8. The molecule has 0 aliphatic rings. The van der Waals surface area contributed by atoms with Gasteiger partial charge in [0.1, 0.15) is 0 Å². The molecule has 0 fully saturated rings. The van der Waals surface area contributed by atoms with Crippen LogP contribution in [0.1, 0.15) is 13.8 Å². The Morgan fingerprint density at radius 3 is 3.00 bits per heavy atom. The standard InChI is InChI=1S/C10H21NOS/c1-4-7-13-8-6-11-10(3)9-12-5-2/h4,10-11H,1,5-9H2,2-3H3. The van der Waals surface area contributed by atoms with Crippen molar-refractivity contribution in [3.05, 3.63) is 12.7 Å². The zero-order chi connectivity index (χ0) is 9.94. The molecule has 2 nitrogen and oxygen atoms in total. The minimum atomic E-state index is 0.462. The third-order valence-corrected chi connectivity index (χ3v) is 2.51. The Labute approximate surface area is 86.1 Å². The molecule has 0 aromatic carbocycles. The van der Waals surface area contributed by atoms with Gasteiger partial charge in [0.05, 0.1) is 6.61 Å². The van der Waals surface area contributed by atoms with Crippen molar-refractivity contribution in [3.8, 4) is 0 Å². The minimum absolute atomic E-state index is 0.462. The van der Waals surface area contributed by atoms with Crippen molar-refractivity contribution in [2.24, 2.45) is 0 Å². The molecule has 0 radical (unpaired) electrons. The van der Waals surface area contributed by atoms with Crippen molar-refractivity contribution in [1.82, 2.24) is 5.32 Å². The van der Waals surface area contributed by atoms with Crippen LogP contribution in [-0.4, -0.2) is 37.3 Å². The smallest absolute Gasteiger partial charge is 0.0616 e. The Hall–Kier alpha value is 0.01000. The lowest BCUT2D eigenvalue weighted by Crippen LogP contribution is -2.32. The van der Waals surface area contributed by atoms with Crippen molar-refractivity contribution >= 4 is 11.8 Å².